The van der Waals surface area contributed by atoms with Crippen molar-refractivity contribution < 1.29 is 48.0 Å². The Morgan fingerprint density at radius 1 is 1.17 bits per heavy atom. The predicted molar refractivity (Wildman–Crippen MR) is 201 cm³/mol. The molecule has 3 aliphatic heterocycles. The lowest BCUT2D eigenvalue weighted by molar-refractivity contribution is -0.150. The Hall–Kier alpha value is -3.59. The van der Waals surface area contributed by atoms with E-state index in [9.17, 15) is 24.3 Å². The topological polar surface area (TPSA) is 153 Å². The maximum atomic E-state index is 14.1. The average molecular weight is 792 g/mol. The number of carbonyl (C=O) groups excluding carboxylic acids is 4. The van der Waals surface area contributed by atoms with Crippen molar-refractivity contribution in [2.45, 2.75) is 87.6 Å². The van der Waals surface area contributed by atoms with Gasteiger partial charge in [0.15, 0.2) is 11.5 Å². The summed E-state index contributed by atoms with van der Waals surface area (Å²) in [6.07, 6.45) is 1.07. The number of Topliss-reactive ketones (excluding diaryl/α,β-unsaturated/α-hetero) is 1. The van der Waals surface area contributed by atoms with Gasteiger partial charge in [-0.3, -0.25) is 19.7 Å². The van der Waals surface area contributed by atoms with E-state index >= 15 is 0 Å². The highest BCUT2D eigenvalue weighted by atomic mass is 35.5. The summed E-state index contributed by atoms with van der Waals surface area (Å²) in [7, 11) is 4.50. The van der Waals surface area contributed by atoms with Crippen molar-refractivity contribution in [1.29, 1.82) is 0 Å². The molecule has 0 aromatic heterocycles. The van der Waals surface area contributed by atoms with Crippen molar-refractivity contribution in [3.8, 4) is 5.75 Å². The molecule has 0 aliphatic carbocycles. The van der Waals surface area contributed by atoms with Crippen LogP contribution in [-0.2, 0) is 35.0 Å². The van der Waals surface area contributed by atoms with E-state index in [1.165, 1.54) is 32.1 Å². The van der Waals surface area contributed by atoms with E-state index in [4.69, 9.17) is 46.9 Å². The van der Waals surface area contributed by atoms with Crippen molar-refractivity contribution in [3.05, 3.63) is 75.3 Å². The van der Waals surface area contributed by atoms with Gasteiger partial charge < -0.3 is 33.7 Å². The summed E-state index contributed by atoms with van der Waals surface area (Å²) in [5.41, 5.74) is -0.419. The number of anilines is 1. The Morgan fingerprint density at radius 3 is 2.57 bits per heavy atom. The maximum Gasteiger partial charge on any atom is 0.409 e. The number of thioether (sulfide) groups is 1. The van der Waals surface area contributed by atoms with Crippen LogP contribution in [0.15, 0.2) is 59.0 Å². The second kappa shape index (κ2) is 16.4. The molecule has 0 unspecified atom stereocenters. The van der Waals surface area contributed by atoms with Crippen LogP contribution in [0.3, 0.4) is 0 Å². The molecule has 4 bridgehead atoms. The standard InChI is InChI=1S/C38H44Cl2N2O10S/c1-20-9-8-10-30(49-7)38(47)18-28(50-36(46)41-38)21(2)35-37(4,52-35)31(51-33(45)19-53-29-12-11-24(22(3)43)16-25(29)39)17-32(44)42(5)26-14-23(13-20)15-27(48-6)34(26)40/h8-12,14-16,21,28,30-31,35,47H,13,17-19H2,1-7H3,(H,41,46)/b10-8+,20-9+/t21-,28+,30-,31+,35+,37+,38+/m1/s1. The number of fused-ring (bicyclic) bond motifs is 5. The number of aliphatic hydroxyl groups is 1. The zero-order valence-electron chi connectivity index (χ0n) is 30.6. The normalized spacial score (nSPS) is 30.6. The van der Waals surface area contributed by atoms with E-state index in [2.05, 4.69) is 5.32 Å². The van der Waals surface area contributed by atoms with E-state index in [0.717, 1.165) is 22.9 Å². The van der Waals surface area contributed by atoms with Gasteiger partial charge in [-0.05, 0) is 57.0 Å². The second-order valence-electron chi connectivity index (χ2n) is 13.8. The minimum Gasteiger partial charge on any atom is -0.495 e. The molecule has 286 valence electrons. The van der Waals surface area contributed by atoms with Gasteiger partial charge >= 0.3 is 12.1 Å². The molecule has 2 aromatic rings. The number of ketones is 1. The number of carbonyl (C=O) groups is 4. The summed E-state index contributed by atoms with van der Waals surface area (Å²) in [5, 5.41) is 14.8. The molecule has 7 atom stereocenters. The molecule has 3 aliphatic rings. The molecule has 2 fully saturated rings. The lowest BCUT2D eigenvalue weighted by Crippen LogP contribution is -2.63. The monoisotopic (exact) mass is 790 g/mol. The Balaban J connectivity index is 1.49. The molecule has 12 nitrogen and oxygen atoms in total. The van der Waals surface area contributed by atoms with Crippen molar-refractivity contribution in [2.75, 3.05) is 31.9 Å². The largest absolute Gasteiger partial charge is 0.495 e. The molecule has 2 aromatic carbocycles. The van der Waals surface area contributed by atoms with Crippen molar-refractivity contribution in [1.82, 2.24) is 5.32 Å². The second-order valence-corrected chi connectivity index (χ2v) is 15.6. The number of ether oxygens (including phenoxy) is 5. The highest BCUT2D eigenvalue weighted by molar-refractivity contribution is 8.00. The van der Waals surface area contributed by atoms with Crippen molar-refractivity contribution in [3.63, 3.8) is 0 Å². The summed E-state index contributed by atoms with van der Waals surface area (Å²) in [5.74, 6) is -1.48. The number of benzene rings is 2. The van der Waals surface area contributed by atoms with Crippen molar-refractivity contribution in [2.24, 2.45) is 5.92 Å². The molecule has 2 saturated heterocycles. The summed E-state index contributed by atoms with van der Waals surface area (Å²) < 4.78 is 29.1. The number of esters is 1. The lowest BCUT2D eigenvalue weighted by Gasteiger charge is -2.42. The number of nitrogens with one attached hydrogen (secondary N) is 1. The van der Waals surface area contributed by atoms with Gasteiger partial charge in [0.2, 0.25) is 5.91 Å². The summed E-state index contributed by atoms with van der Waals surface area (Å²) in [6.45, 7) is 6.89. The number of hydrogen-bond acceptors (Lipinski definition) is 11. The summed E-state index contributed by atoms with van der Waals surface area (Å²) in [4.78, 5) is 54.1. The average Bonchev–Trinajstić information content (AvgIpc) is 3.80. The first kappa shape index (κ1) is 40.6. The Morgan fingerprint density at radius 2 is 1.91 bits per heavy atom. The van der Waals surface area contributed by atoms with Gasteiger partial charge in [0.05, 0.1) is 36.1 Å². The molecular formula is C38H44Cl2N2O10S. The van der Waals surface area contributed by atoms with Crippen LogP contribution < -0.4 is 15.0 Å². The number of rotatable bonds is 7. The van der Waals surface area contributed by atoms with Crippen LogP contribution in [0.4, 0.5) is 10.5 Å². The number of hydrogen-bond donors (Lipinski definition) is 2. The molecule has 3 heterocycles. The van der Waals surface area contributed by atoms with Gasteiger partial charge in [-0.25, -0.2) is 4.79 Å². The highest BCUT2D eigenvalue weighted by Crippen LogP contribution is 2.49. The van der Waals surface area contributed by atoms with Gasteiger partial charge in [0, 0.05) is 37.0 Å². The van der Waals surface area contributed by atoms with Crippen molar-refractivity contribution >= 4 is 64.4 Å². The number of amides is 2. The third-order valence-electron chi connectivity index (χ3n) is 9.91. The molecule has 15 heteroatoms. The Bertz CT molecular complexity index is 1840. The zero-order valence-corrected chi connectivity index (χ0v) is 32.9. The highest BCUT2D eigenvalue weighted by Gasteiger charge is 2.64. The molecule has 0 spiro atoms. The van der Waals surface area contributed by atoms with E-state index in [-0.39, 0.29) is 29.4 Å². The zero-order chi connectivity index (χ0) is 38.8. The SMILES string of the molecule is COc1cc2cc(c1Cl)N(C)C(=O)C[C@H](OC(=O)CSc1ccc(C(C)=O)cc1Cl)[C@]1(C)O[C@H]1[C@H](C)[C@@H]1C[C@@](O)(NC(=O)O1)[C@H](OC)/C=C/C=C(\C)C2. The minimum atomic E-state index is -1.82. The molecule has 0 saturated carbocycles. The first-order chi connectivity index (χ1) is 25.0. The molecule has 5 rings (SSSR count). The molecule has 53 heavy (non-hydrogen) atoms. The quantitative estimate of drug-likeness (QED) is 0.140. The van der Waals surface area contributed by atoms with Gasteiger partial charge in [0.1, 0.15) is 34.7 Å². The van der Waals surface area contributed by atoms with Crippen LogP contribution in [0, 0.1) is 5.92 Å². The first-order valence-corrected chi connectivity index (χ1v) is 18.7. The van der Waals surface area contributed by atoms with E-state index in [1.807, 2.05) is 13.0 Å². The number of nitrogens with zero attached hydrogens (tertiary/aromatic N) is 1. The van der Waals surface area contributed by atoms with Gasteiger partial charge in [-0.15, -0.1) is 11.8 Å². The van der Waals surface area contributed by atoms with E-state index in [1.54, 1.807) is 57.3 Å². The number of epoxide rings is 1. The van der Waals surface area contributed by atoms with Crippen LogP contribution in [0.2, 0.25) is 10.0 Å². The van der Waals surface area contributed by atoms with E-state index < -0.39 is 59.6 Å². The lowest BCUT2D eigenvalue weighted by atomic mass is 9.83. The third-order valence-corrected chi connectivity index (χ3v) is 11.8. The van der Waals surface area contributed by atoms with Gasteiger partial charge in [-0.2, -0.15) is 0 Å². The Labute approximate surface area is 323 Å². The van der Waals surface area contributed by atoms with Crippen LogP contribution in [0.5, 0.6) is 5.75 Å². The number of halogens is 2. The summed E-state index contributed by atoms with van der Waals surface area (Å²) >= 11 is 14.3. The van der Waals surface area contributed by atoms with Crippen LogP contribution in [-0.4, -0.2) is 91.6 Å². The maximum absolute atomic E-state index is 14.1. The molecule has 0 radical (unpaired) electrons. The minimum absolute atomic E-state index is 0.0442. The smallest absolute Gasteiger partial charge is 0.409 e. The molecule has 2 amide bonds. The van der Waals surface area contributed by atoms with Gasteiger partial charge in [0.25, 0.3) is 0 Å². The fraction of sp³-hybridized carbons (Fsp3) is 0.474. The number of alkyl carbamates (subject to hydrolysis) is 1. The van der Waals surface area contributed by atoms with Crippen LogP contribution >= 0.6 is 35.0 Å². The molecular weight excluding hydrogens is 747 g/mol. The van der Waals surface area contributed by atoms with E-state index in [0.29, 0.717) is 33.3 Å². The third kappa shape index (κ3) is 9.04. The Kier molecular flexibility index (Phi) is 12.6. The van der Waals surface area contributed by atoms with Crippen LogP contribution in [0.1, 0.15) is 56.5 Å². The molecule has 2 N–H and O–H groups in total. The number of allylic oxidation sites excluding steroid dienone is 3. The first-order valence-electron chi connectivity index (χ1n) is 17.0. The predicted octanol–water partition coefficient (Wildman–Crippen LogP) is 6.32. The number of methoxy groups -OCH3 is 2. The van der Waals surface area contributed by atoms with Crippen LogP contribution in [0.25, 0.3) is 0 Å². The van der Waals surface area contributed by atoms with Gasteiger partial charge in [-0.1, -0.05) is 60.0 Å². The fourth-order valence-corrected chi connectivity index (χ4v) is 8.13. The fourth-order valence-electron chi connectivity index (χ4n) is 6.77. The summed E-state index contributed by atoms with van der Waals surface area (Å²) in [6, 6.07) is 8.41.